The molecule has 1 saturated heterocycles. The molecule has 0 aliphatic carbocycles. The van der Waals surface area contributed by atoms with Crippen molar-refractivity contribution in [2.24, 2.45) is 5.73 Å². The third-order valence-corrected chi connectivity index (χ3v) is 5.04. The minimum atomic E-state index is -1.70. The number of nitrogens with two attached hydrogens (primary N) is 1. The molecule has 4 heterocycles. The van der Waals surface area contributed by atoms with Crippen LogP contribution in [0.15, 0.2) is 41.1 Å². The fourth-order valence-corrected chi connectivity index (χ4v) is 3.30. The Morgan fingerprint density at radius 1 is 1.30 bits per heavy atom. The predicted molar refractivity (Wildman–Crippen MR) is 104 cm³/mol. The summed E-state index contributed by atoms with van der Waals surface area (Å²) in [4.78, 5) is 33.8. The molecular weight excluding hydrogens is 390 g/mol. The molecule has 0 unspecified atom stereocenters. The first kappa shape index (κ1) is 19.5. The number of pyridine rings is 2. The molecule has 154 valence electrons. The van der Waals surface area contributed by atoms with Crippen LogP contribution in [0.3, 0.4) is 0 Å². The summed E-state index contributed by atoms with van der Waals surface area (Å²) in [7, 11) is 3.09. The number of likely N-dealkylation sites (N-methyl/N-ethyl adjacent to an activating group) is 1. The SMILES string of the molecule is COc1cc(C(N)=O)nc(-c2cc(-c3cc([C@]4(O)CCN(C)C4=O)no3)ccn2)c1. The summed E-state index contributed by atoms with van der Waals surface area (Å²) in [5.41, 5.74) is 5.28. The van der Waals surface area contributed by atoms with Gasteiger partial charge in [0.15, 0.2) is 11.4 Å². The highest BCUT2D eigenvalue weighted by Crippen LogP contribution is 2.34. The molecule has 0 radical (unpaired) electrons. The second-order valence-electron chi connectivity index (χ2n) is 6.98. The summed E-state index contributed by atoms with van der Waals surface area (Å²) in [5.74, 6) is -0.348. The van der Waals surface area contributed by atoms with Gasteiger partial charge in [-0.1, -0.05) is 5.16 Å². The van der Waals surface area contributed by atoms with E-state index in [1.807, 2.05) is 0 Å². The van der Waals surface area contributed by atoms with Crippen molar-refractivity contribution in [1.29, 1.82) is 0 Å². The summed E-state index contributed by atoms with van der Waals surface area (Å²) < 4.78 is 10.6. The lowest BCUT2D eigenvalue weighted by molar-refractivity contribution is -0.143. The van der Waals surface area contributed by atoms with Crippen molar-refractivity contribution < 1.29 is 24.0 Å². The molecule has 3 aromatic heterocycles. The molecular formula is C20H19N5O5. The van der Waals surface area contributed by atoms with Crippen molar-refractivity contribution >= 4 is 11.8 Å². The van der Waals surface area contributed by atoms with Gasteiger partial charge in [0.25, 0.3) is 11.8 Å². The highest BCUT2D eigenvalue weighted by molar-refractivity contribution is 5.92. The van der Waals surface area contributed by atoms with Gasteiger partial charge in [-0.05, 0) is 12.1 Å². The molecule has 10 nitrogen and oxygen atoms in total. The van der Waals surface area contributed by atoms with Crippen molar-refractivity contribution in [2.75, 3.05) is 20.7 Å². The van der Waals surface area contributed by atoms with Crippen molar-refractivity contribution in [3.63, 3.8) is 0 Å². The third-order valence-electron chi connectivity index (χ3n) is 5.04. The van der Waals surface area contributed by atoms with Crippen LogP contribution in [0.5, 0.6) is 5.75 Å². The number of aromatic nitrogens is 3. The van der Waals surface area contributed by atoms with Gasteiger partial charge in [0.05, 0.1) is 18.5 Å². The maximum absolute atomic E-state index is 12.3. The van der Waals surface area contributed by atoms with Crippen molar-refractivity contribution in [2.45, 2.75) is 12.0 Å². The number of likely N-dealkylation sites (tertiary alicyclic amines) is 1. The van der Waals surface area contributed by atoms with Gasteiger partial charge >= 0.3 is 0 Å². The van der Waals surface area contributed by atoms with E-state index in [0.29, 0.717) is 35.0 Å². The lowest BCUT2D eigenvalue weighted by Gasteiger charge is -2.16. The Balaban J connectivity index is 1.71. The Bertz CT molecular complexity index is 1140. The Hall–Kier alpha value is -3.79. The van der Waals surface area contributed by atoms with E-state index < -0.39 is 17.4 Å². The summed E-state index contributed by atoms with van der Waals surface area (Å²) in [5, 5.41) is 14.6. The second-order valence-corrected chi connectivity index (χ2v) is 6.98. The van der Waals surface area contributed by atoms with Crippen molar-refractivity contribution in [3.05, 3.63) is 47.9 Å². The van der Waals surface area contributed by atoms with Crippen LogP contribution in [0.4, 0.5) is 0 Å². The topological polar surface area (TPSA) is 145 Å². The minimum absolute atomic E-state index is 0.0459. The average molecular weight is 409 g/mol. The zero-order valence-electron chi connectivity index (χ0n) is 16.3. The van der Waals surface area contributed by atoms with Crippen LogP contribution < -0.4 is 10.5 Å². The molecule has 1 aliphatic rings. The molecule has 0 spiro atoms. The molecule has 1 atom stereocenters. The van der Waals surface area contributed by atoms with E-state index in [0.717, 1.165) is 0 Å². The van der Waals surface area contributed by atoms with Gasteiger partial charge in [0.2, 0.25) is 0 Å². The molecule has 30 heavy (non-hydrogen) atoms. The largest absolute Gasteiger partial charge is 0.497 e. The van der Waals surface area contributed by atoms with Crippen LogP contribution in [-0.2, 0) is 10.4 Å². The van der Waals surface area contributed by atoms with E-state index in [4.69, 9.17) is 15.0 Å². The maximum Gasteiger partial charge on any atom is 0.267 e. The summed E-state index contributed by atoms with van der Waals surface area (Å²) in [6.07, 6.45) is 1.78. The molecule has 2 amide bonds. The lowest BCUT2D eigenvalue weighted by Crippen LogP contribution is -2.36. The number of ether oxygens (including phenoxy) is 1. The van der Waals surface area contributed by atoms with E-state index in [1.165, 1.54) is 24.1 Å². The van der Waals surface area contributed by atoms with Gasteiger partial charge in [0.1, 0.15) is 17.1 Å². The summed E-state index contributed by atoms with van der Waals surface area (Å²) in [6, 6.07) is 7.97. The fraction of sp³-hybridized carbons (Fsp3) is 0.250. The number of carbonyl (C=O) groups is 2. The van der Waals surface area contributed by atoms with Crippen LogP contribution in [-0.4, -0.2) is 57.6 Å². The van der Waals surface area contributed by atoms with E-state index >= 15 is 0 Å². The predicted octanol–water partition coefficient (Wildman–Crippen LogP) is 0.956. The number of hydrogen-bond acceptors (Lipinski definition) is 8. The zero-order chi connectivity index (χ0) is 21.5. The first-order valence-corrected chi connectivity index (χ1v) is 9.09. The first-order valence-electron chi connectivity index (χ1n) is 9.09. The van der Waals surface area contributed by atoms with Crippen LogP contribution >= 0.6 is 0 Å². The quantitative estimate of drug-likeness (QED) is 0.634. The molecule has 1 fully saturated rings. The number of aliphatic hydroxyl groups is 1. The number of primary amides is 1. The summed E-state index contributed by atoms with van der Waals surface area (Å²) >= 11 is 0. The smallest absolute Gasteiger partial charge is 0.267 e. The molecule has 4 rings (SSSR count). The highest BCUT2D eigenvalue weighted by atomic mass is 16.5. The zero-order valence-corrected chi connectivity index (χ0v) is 16.3. The number of methoxy groups -OCH3 is 1. The van der Waals surface area contributed by atoms with Crippen molar-refractivity contribution in [3.8, 4) is 28.5 Å². The Labute approximate surface area is 171 Å². The standard InChI is InChI=1S/C20H19N5O5/c1-25-6-4-20(28,19(25)27)17-10-16(30-24-17)11-3-5-22-13(7-11)14-8-12(29-2)9-15(23-14)18(21)26/h3,5,7-10,28H,4,6H2,1-2H3,(H2,21,26)/t20-/m1/s1. The van der Waals surface area contributed by atoms with Crippen LogP contribution in [0, 0.1) is 0 Å². The van der Waals surface area contributed by atoms with Gasteiger partial charge in [-0.25, -0.2) is 4.98 Å². The number of carbonyl (C=O) groups excluding carboxylic acids is 2. The van der Waals surface area contributed by atoms with Crippen LogP contribution in [0.25, 0.3) is 22.7 Å². The Morgan fingerprint density at radius 2 is 2.10 bits per heavy atom. The molecule has 0 saturated carbocycles. The maximum atomic E-state index is 12.3. The molecule has 0 aromatic carbocycles. The molecule has 3 N–H and O–H groups in total. The molecule has 0 bridgehead atoms. The van der Waals surface area contributed by atoms with Crippen LogP contribution in [0.1, 0.15) is 22.6 Å². The fourth-order valence-electron chi connectivity index (χ4n) is 3.30. The first-order chi connectivity index (χ1) is 14.3. The lowest BCUT2D eigenvalue weighted by atomic mass is 9.97. The Morgan fingerprint density at radius 3 is 2.77 bits per heavy atom. The minimum Gasteiger partial charge on any atom is -0.497 e. The summed E-state index contributed by atoms with van der Waals surface area (Å²) in [6.45, 7) is 0.431. The third kappa shape index (κ3) is 3.26. The van der Waals surface area contributed by atoms with E-state index in [9.17, 15) is 14.7 Å². The Kier molecular flexibility index (Phi) is 4.70. The number of hydrogen-bond donors (Lipinski definition) is 2. The van der Waals surface area contributed by atoms with Crippen molar-refractivity contribution in [1.82, 2.24) is 20.0 Å². The van der Waals surface area contributed by atoms with E-state index in [1.54, 1.807) is 31.4 Å². The molecule has 3 aromatic rings. The number of nitrogens with zero attached hydrogens (tertiary/aromatic N) is 4. The number of rotatable bonds is 5. The average Bonchev–Trinajstić information content (AvgIpc) is 3.36. The van der Waals surface area contributed by atoms with Gasteiger partial charge in [-0.15, -0.1) is 0 Å². The molecule has 1 aliphatic heterocycles. The van der Waals surface area contributed by atoms with Gasteiger partial charge in [-0.2, -0.15) is 0 Å². The monoisotopic (exact) mass is 409 g/mol. The van der Waals surface area contributed by atoms with Gasteiger partial charge in [-0.3, -0.25) is 14.6 Å². The second kappa shape index (κ2) is 7.23. The highest BCUT2D eigenvalue weighted by Gasteiger charge is 2.47. The van der Waals surface area contributed by atoms with Gasteiger partial charge in [0, 0.05) is 50.0 Å². The van der Waals surface area contributed by atoms with Gasteiger partial charge < -0.3 is 25.0 Å². The van der Waals surface area contributed by atoms with Crippen LogP contribution in [0.2, 0.25) is 0 Å². The number of amides is 2. The van der Waals surface area contributed by atoms with E-state index in [2.05, 4.69) is 15.1 Å². The van der Waals surface area contributed by atoms with E-state index in [-0.39, 0.29) is 17.8 Å². The normalized spacial score (nSPS) is 18.6. The molecule has 10 heteroatoms.